The zero-order valence-corrected chi connectivity index (χ0v) is 26.1. The van der Waals surface area contributed by atoms with Crippen LogP contribution in [-0.4, -0.2) is 80.9 Å². The van der Waals surface area contributed by atoms with Gasteiger partial charge in [-0.3, -0.25) is 9.36 Å². The molecule has 5 N–H and O–H groups in total. The highest BCUT2D eigenvalue weighted by molar-refractivity contribution is 8.07. The standard InChI is InChI=1S/C23H27N9O8P2S2/c1-2-12-18-15(39-23(12)32-10-29-16-19(24)25-7-26-20(16)32)6-38-41(34,43)37-5-13-11(4-36-42(35,44)40-18)3-14(13)31-9-30-17-21(31)27-8-28-22(17)33/h2,7-15,18,23H,1,3-6H2,(H,34,43)(H,35,44)(H2,24,25,26)(H,27,28,33)/t11-,12-,13-,14-,15-,18+,23-,41?,42?/m1/s1. The predicted octanol–water partition coefficient (Wildman–Crippen LogP) is 1.30. The lowest BCUT2D eigenvalue weighted by Gasteiger charge is -2.45. The summed E-state index contributed by atoms with van der Waals surface area (Å²) in [5.41, 5.74) is 7.01. The molecule has 0 spiro atoms. The van der Waals surface area contributed by atoms with E-state index in [2.05, 4.69) is 36.5 Å². The molecule has 3 aliphatic rings. The summed E-state index contributed by atoms with van der Waals surface area (Å²) >= 11 is 10.8. The summed E-state index contributed by atoms with van der Waals surface area (Å²) in [5, 5.41) is 0. The van der Waals surface area contributed by atoms with Gasteiger partial charge in [0.25, 0.3) is 5.56 Å². The first-order chi connectivity index (χ1) is 21.0. The van der Waals surface area contributed by atoms with Crippen LogP contribution in [0.15, 0.2) is 42.8 Å². The number of ether oxygens (including phenoxy) is 1. The Morgan fingerprint density at radius 3 is 2.55 bits per heavy atom. The van der Waals surface area contributed by atoms with Gasteiger partial charge in [-0.25, -0.2) is 24.9 Å². The van der Waals surface area contributed by atoms with Gasteiger partial charge in [0.2, 0.25) is 0 Å². The number of imidazole rings is 2. The number of hydrogen-bond acceptors (Lipinski definition) is 14. The molecule has 0 radical (unpaired) electrons. The van der Waals surface area contributed by atoms with E-state index in [0.29, 0.717) is 23.2 Å². The van der Waals surface area contributed by atoms with Crippen LogP contribution in [0, 0.1) is 17.8 Å². The van der Waals surface area contributed by atoms with Crippen molar-refractivity contribution in [1.29, 1.82) is 0 Å². The number of nitrogens with two attached hydrogens (primary N) is 1. The maximum absolute atomic E-state index is 12.2. The van der Waals surface area contributed by atoms with Gasteiger partial charge in [-0.1, -0.05) is 6.08 Å². The van der Waals surface area contributed by atoms with Crippen LogP contribution in [0.1, 0.15) is 18.7 Å². The molecule has 6 heterocycles. The van der Waals surface area contributed by atoms with Gasteiger partial charge in [0.1, 0.15) is 30.3 Å². The summed E-state index contributed by atoms with van der Waals surface area (Å²) in [6, 6.07) is -0.211. The summed E-state index contributed by atoms with van der Waals surface area (Å²) in [4.78, 5) is 57.9. The molecule has 1 saturated carbocycles. The predicted molar refractivity (Wildman–Crippen MR) is 162 cm³/mol. The number of rotatable bonds is 3. The van der Waals surface area contributed by atoms with Crippen molar-refractivity contribution in [2.75, 3.05) is 25.6 Å². The fraction of sp³-hybridized carbons (Fsp3) is 0.478. The van der Waals surface area contributed by atoms with Gasteiger partial charge in [0.15, 0.2) is 22.6 Å². The van der Waals surface area contributed by atoms with Crippen molar-refractivity contribution >= 4 is 65.2 Å². The summed E-state index contributed by atoms with van der Waals surface area (Å²) in [6.45, 7) is -3.89. The second-order valence-electron chi connectivity index (χ2n) is 10.6. The van der Waals surface area contributed by atoms with Gasteiger partial charge in [-0.15, -0.1) is 6.58 Å². The zero-order chi connectivity index (χ0) is 30.8. The number of H-pyrrole nitrogens is 1. The van der Waals surface area contributed by atoms with Gasteiger partial charge >= 0.3 is 13.4 Å². The van der Waals surface area contributed by atoms with Crippen LogP contribution in [0.5, 0.6) is 0 Å². The molecule has 44 heavy (non-hydrogen) atoms. The molecule has 7 rings (SSSR count). The number of aromatic amines is 1. The average Bonchev–Trinajstić information content (AvgIpc) is 3.67. The van der Waals surface area contributed by atoms with E-state index in [1.165, 1.54) is 25.3 Å². The Bertz CT molecular complexity index is 1900. The first kappa shape index (κ1) is 30.1. The summed E-state index contributed by atoms with van der Waals surface area (Å²) < 4.78 is 33.2. The van der Waals surface area contributed by atoms with Crippen molar-refractivity contribution < 1.29 is 32.6 Å². The minimum absolute atomic E-state index is 0.000489. The van der Waals surface area contributed by atoms with Gasteiger partial charge in [-0.05, 0) is 36.0 Å². The zero-order valence-electron chi connectivity index (χ0n) is 22.7. The number of aromatic nitrogens is 8. The number of fused-ring (bicyclic) bond motifs is 4. The number of nitrogens with zero attached hydrogens (tertiary/aromatic N) is 7. The maximum atomic E-state index is 12.2. The molecule has 0 aromatic carbocycles. The second-order valence-corrected chi connectivity index (χ2v) is 16.3. The minimum atomic E-state index is -3.84. The third-order valence-corrected chi connectivity index (χ3v) is 11.4. The minimum Gasteiger partial charge on any atom is -0.382 e. The maximum Gasteiger partial charge on any atom is 0.324 e. The summed E-state index contributed by atoms with van der Waals surface area (Å²) in [6.07, 6.45) is 5.25. The van der Waals surface area contributed by atoms with Crippen molar-refractivity contribution in [1.82, 2.24) is 39.0 Å². The van der Waals surface area contributed by atoms with E-state index in [4.69, 9.17) is 52.2 Å². The van der Waals surface area contributed by atoms with Crippen LogP contribution in [0.3, 0.4) is 0 Å². The first-order valence-electron chi connectivity index (χ1n) is 13.4. The second kappa shape index (κ2) is 11.4. The van der Waals surface area contributed by atoms with Crippen LogP contribution in [0.2, 0.25) is 0 Å². The lowest BCUT2D eigenvalue weighted by molar-refractivity contribution is -0.0403. The van der Waals surface area contributed by atoms with Gasteiger partial charge in [0, 0.05) is 12.0 Å². The molecule has 2 unspecified atom stereocenters. The third kappa shape index (κ3) is 5.35. The van der Waals surface area contributed by atoms with Crippen LogP contribution in [0.4, 0.5) is 5.82 Å². The molecular formula is C23H27N9O8P2S2. The molecule has 1 aliphatic carbocycles. The highest BCUT2D eigenvalue weighted by Crippen LogP contribution is 2.56. The molecule has 2 aliphatic heterocycles. The fourth-order valence-electron chi connectivity index (χ4n) is 5.99. The summed E-state index contributed by atoms with van der Waals surface area (Å²) in [5.74, 6) is -0.838. The molecule has 21 heteroatoms. The number of hydrogen-bond donors (Lipinski definition) is 4. The monoisotopic (exact) mass is 683 g/mol. The molecule has 0 amide bonds. The molecule has 2 saturated heterocycles. The first-order valence-corrected chi connectivity index (χ1v) is 18.6. The lowest BCUT2D eigenvalue weighted by Crippen LogP contribution is -2.43. The fourth-order valence-corrected chi connectivity index (χ4v) is 8.63. The molecular weight excluding hydrogens is 656 g/mol. The topological polar surface area (TPSA) is 220 Å². The van der Waals surface area contributed by atoms with E-state index < -0.39 is 37.8 Å². The molecule has 0 bridgehead atoms. The van der Waals surface area contributed by atoms with Crippen LogP contribution < -0.4 is 11.3 Å². The Hall–Kier alpha value is -2.54. The van der Waals surface area contributed by atoms with Gasteiger partial charge in [-0.2, -0.15) is 0 Å². The summed E-state index contributed by atoms with van der Waals surface area (Å²) in [7, 11) is 0. The highest BCUT2D eigenvalue weighted by Gasteiger charge is 2.50. The number of anilines is 1. The van der Waals surface area contributed by atoms with Crippen LogP contribution in [0.25, 0.3) is 22.3 Å². The quantitative estimate of drug-likeness (QED) is 0.177. The number of nitrogen functional groups attached to an aromatic ring is 1. The van der Waals surface area contributed by atoms with Crippen LogP contribution in [-0.2, 0) is 46.4 Å². The van der Waals surface area contributed by atoms with E-state index in [1.54, 1.807) is 15.2 Å². The van der Waals surface area contributed by atoms with Gasteiger partial charge < -0.3 is 47.9 Å². The smallest absolute Gasteiger partial charge is 0.324 e. The van der Waals surface area contributed by atoms with E-state index in [-0.39, 0.29) is 54.6 Å². The van der Waals surface area contributed by atoms with Gasteiger partial charge in [0.05, 0.1) is 44.7 Å². The lowest BCUT2D eigenvalue weighted by atomic mass is 9.70. The molecule has 17 nitrogen and oxygen atoms in total. The molecule has 4 aromatic rings. The number of nitrogens with one attached hydrogen (secondary N) is 1. The Kier molecular flexibility index (Phi) is 7.78. The van der Waals surface area contributed by atoms with Crippen molar-refractivity contribution in [3.8, 4) is 0 Å². The van der Waals surface area contributed by atoms with Crippen molar-refractivity contribution in [3.63, 3.8) is 0 Å². The largest absolute Gasteiger partial charge is 0.382 e. The van der Waals surface area contributed by atoms with E-state index >= 15 is 0 Å². The van der Waals surface area contributed by atoms with E-state index in [0.717, 1.165) is 0 Å². The highest BCUT2D eigenvalue weighted by atomic mass is 32.5. The average molecular weight is 684 g/mol. The normalized spacial score (nSPS) is 36.5. The Labute approximate surface area is 258 Å². The molecule has 9 atom stereocenters. The SMILES string of the molecule is C=C[C@@H]1[C@@H]2OP(O)(=S)OC[C@H]3C[C@@H](n4cnc5c(=O)[nH]cnc54)[C@@H]3COP(O)(=S)OC[C@H]2O[C@H]1n1cnc2c(N)ncnc21. The third-order valence-electron chi connectivity index (χ3n) is 8.23. The molecule has 234 valence electrons. The Balaban J connectivity index is 1.16. The Morgan fingerprint density at radius 1 is 1.00 bits per heavy atom. The van der Waals surface area contributed by atoms with Crippen molar-refractivity contribution in [2.24, 2.45) is 17.8 Å². The van der Waals surface area contributed by atoms with Crippen LogP contribution >= 0.6 is 13.4 Å². The van der Waals surface area contributed by atoms with Crippen molar-refractivity contribution in [3.05, 3.63) is 48.3 Å². The molecule has 4 aromatic heterocycles. The Morgan fingerprint density at radius 2 is 1.73 bits per heavy atom. The van der Waals surface area contributed by atoms with E-state index in [1.807, 2.05) is 0 Å². The molecule has 3 fully saturated rings. The van der Waals surface area contributed by atoms with Crippen molar-refractivity contribution in [2.45, 2.75) is 30.9 Å². The van der Waals surface area contributed by atoms with E-state index in [9.17, 15) is 14.6 Å².